The van der Waals surface area contributed by atoms with E-state index < -0.39 is 6.09 Å². The number of hydrogen-bond acceptors (Lipinski definition) is 4. The Hall–Kier alpha value is -5.08. The van der Waals surface area contributed by atoms with Crippen molar-refractivity contribution >= 4 is 67.7 Å². The monoisotopic (exact) mass is 604 g/mol. The first-order valence-corrected chi connectivity index (χ1v) is 15.1. The normalized spacial score (nSPS) is 14.3. The average Bonchev–Trinajstić information content (AvgIpc) is 3.76. The van der Waals surface area contributed by atoms with Crippen LogP contribution in [0.1, 0.15) is 44.9 Å². The van der Waals surface area contributed by atoms with Gasteiger partial charge in [0.15, 0.2) is 5.78 Å². The van der Waals surface area contributed by atoms with E-state index in [9.17, 15) is 14.4 Å². The first kappa shape index (κ1) is 27.7. The molecule has 220 valence electrons. The molecular weight excluding hydrogens is 576 g/mol. The third-order valence-electron chi connectivity index (χ3n) is 8.19. The second-order valence-corrected chi connectivity index (χ2v) is 11.3. The summed E-state index contributed by atoms with van der Waals surface area (Å²) >= 11 is 6.44. The fraction of sp³-hybridized carbons (Fsp3) is 0.171. The Morgan fingerprint density at radius 3 is 2.41 bits per heavy atom. The molecule has 0 spiro atoms. The molecule has 0 saturated heterocycles. The van der Waals surface area contributed by atoms with Crippen LogP contribution in [0, 0.1) is 0 Å². The van der Waals surface area contributed by atoms with Gasteiger partial charge in [-0.2, -0.15) is 0 Å². The number of carbonyl (C=O) groups excluding carboxylic acids is 3. The summed E-state index contributed by atoms with van der Waals surface area (Å²) in [5.41, 5.74) is 5.19. The first-order valence-electron chi connectivity index (χ1n) is 14.5. The molecule has 2 aromatic heterocycles. The molecule has 3 N–H and O–H groups in total. The lowest BCUT2D eigenvalue weighted by molar-refractivity contribution is 0.0978. The molecule has 44 heavy (non-hydrogen) atoms. The fourth-order valence-corrected chi connectivity index (χ4v) is 6.40. The minimum atomic E-state index is -0.559. The number of carbonyl (C=O) groups is 3. The summed E-state index contributed by atoms with van der Waals surface area (Å²) in [6, 6.07) is 26.7. The molecule has 8 nitrogen and oxygen atoms in total. The van der Waals surface area contributed by atoms with Gasteiger partial charge in [-0.3, -0.25) is 9.59 Å². The van der Waals surface area contributed by atoms with Crippen molar-refractivity contribution in [1.29, 1.82) is 0 Å². The lowest BCUT2D eigenvalue weighted by Crippen LogP contribution is -2.30. The number of aromatic amines is 2. The molecule has 0 fully saturated rings. The summed E-state index contributed by atoms with van der Waals surface area (Å²) in [4.78, 5) is 47.6. The van der Waals surface area contributed by atoms with Crippen LogP contribution in [0.25, 0.3) is 32.6 Å². The summed E-state index contributed by atoms with van der Waals surface area (Å²) in [5, 5.41) is 6.17. The predicted molar refractivity (Wildman–Crippen MR) is 173 cm³/mol. The van der Waals surface area contributed by atoms with Crippen molar-refractivity contribution in [1.82, 2.24) is 15.3 Å². The Balaban J connectivity index is 1.19. The number of fused-ring (bicyclic) bond motifs is 5. The highest BCUT2D eigenvalue weighted by Gasteiger charge is 2.36. The number of amides is 2. The fourth-order valence-electron chi connectivity index (χ4n) is 6.15. The zero-order chi connectivity index (χ0) is 30.4. The van der Waals surface area contributed by atoms with Crippen molar-refractivity contribution in [3.63, 3.8) is 0 Å². The van der Waals surface area contributed by atoms with Gasteiger partial charge in [0, 0.05) is 64.6 Å². The second-order valence-electron chi connectivity index (χ2n) is 11.0. The zero-order valence-corrected chi connectivity index (χ0v) is 24.7. The van der Waals surface area contributed by atoms with Crippen molar-refractivity contribution in [2.75, 3.05) is 23.9 Å². The third-order valence-corrected chi connectivity index (χ3v) is 8.57. The summed E-state index contributed by atoms with van der Waals surface area (Å²) in [6.45, 7) is 2.64. The van der Waals surface area contributed by atoms with E-state index in [0.717, 1.165) is 43.7 Å². The van der Waals surface area contributed by atoms with E-state index in [4.69, 9.17) is 16.3 Å². The lowest BCUT2D eigenvalue weighted by Gasteiger charge is -2.18. The van der Waals surface area contributed by atoms with Crippen LogP contribution in [0.5, 0.6) is 5.75 Å². The van der Waals surface area contributed by atoms with Gasteiger partial charge in [-0.15, -0.1) is 11.6 Å². The maximum Gasteiger partial charge on any atom is 0.412 e. The summed E-state index contributed by atoms with van der Waals surface area (Å²) in [6.07, 6.45) is -0.327. The number of nitrogens with one attached hydrogen (secondary N) is 3. The molecule has 9 heteroatoms. The van der Waals surface area contributed by atoms with Gasteiger partial charge in [0.05, 0.1) is 11.4 Å². The topological polar surface area (TPSA) is 107 Å². The number of para-hydroxylation sites is 1. The minimum Gasteiger partial charge on any atom is -0.410 e. The molecule has 0 saturated carbocycles. The van der Waals surface area contributed by atoms with Crippen molar-refractivity contribution in [3.8, 4) is 5.75 Å². The average molecular weight is 605 g/mol. The number of anilines is 1. The highest BCUT2D eigenvalue weighted by molar-refractivity contribution is 6.19. The molecule has 0 aliphatic carbocycles. The van der Waals surface area contributed by atoms with Gasteiger partial charge in [-0.1, -0.05) is 48.5 Å². The number of aromatic nitrogens is 2. The SMILES string of the molecule is CCNC(=O)Oc1cc2c(c3ccccc13)C(CCl)CN2C(=O)c1cc2cc(CC(=O)c3cc4ccccc4[nH]3)ccc2[nH]1. The summed E-state index contributed by atoms with van der Waals surface area (Å²) in [7, 11) is 0. The van der Waals surface area contributed by atoms with Crippen molar-refractivity contribution in [2.24, 2.45) is 0 Å². The number of rotatable bonds is 7. The summed E-state index contributed by atoms with van der Waals surface area (Å²) < 4.78 is 5.68. The van der Waals surface area contributed by atoms with E-state index in [1.54, 1.807) is 11.0 Å². The molecule has 1 aliphatic heterocycles. The number of hydrogen-bond donors (Lipinski definition) is 3. The number of nitrogens with zero attached hydrogens (tertiary/aromatic N) is 1. The Morgan fingerprint density at radius 2 is 1.61 bits per heavy atom. The van der Waals surface area contributed by atoms with Gasteiger partial charge in [-0.05, 0) is 53.8 Å². The minimum absolute atomic E-state index is 0.00829. The molecule has 1 atom stereocenters. The van der Waals surface area contributed by atoms with E-state index in [1.807, 2.05) is 85.8 Å². The predicted octanol–water partition coefficient (Wildman–Crippen LogP) is 7.32. The van der Waals surface area contributed by atoms with Crippen LogP contribution >= 0.6 is 11.6 Å². The largest absolute Gasteiger partial charge is 0.412 e. The Labute approximate surface area is 257 Å². The van der Waals surface area contributed by atoms with E-state index in [-0.39, 0.29) is 24.0 Å². The zero-order valence-electron chi connectivity index (χ0n) is 23.9. The quantitative estimate of drug-likeness (QED) is 0.131. The first-order chi connectivity index (χ1) is 21.4. The number of ketones is 1. The smallest absolute Gasteiger partial charge is 0.410 e. The number of H-pyrrole nitrogens is 2. The van der Waals surface area contributed by atoms with Crippen LogP contribution in [0.3, 0.4) is 0 Å². The third kappa shape index (κ3) is 4.87. The maximum atomic E-state index is 14.0. The molecule has 0 bridgehead atoms. The van der Waals surface area contributed by atoms with Crippen LogP contribution in [0.15, 0.2) is 84.9 Å². The number of ether oxygens (including phenoxy) is 1. The number of alkyl halides is 1. The Morgan fingerprint density at radius 1 is 0.886 bits per heavy atom. The highest BCUT2D eigenvalue weighted by Crippen LogP contribution is 2.46. The van der Waals surface area contributed by atoms with Crippen LogP contribution in [0.4, 0.5) is 10.5 Å². The molecule has 3 heterocycles. The lowest BCUT2D eigenvalue weighted by atomic mass is 9.95. The van der Waals surface area contributed by atoms with Crippen molar-refractivity contribution in [2.45, 2.75) is 19.3 Å². The molecular formula is C35H29ClN4O4. The Bertz CT molecular complexity index is 2060. The van der Waals surface area contributed by atoms with Crippen LogP contribution in [0.2, 0.25) is 0 Å². The molecule has 0 radical (unpaired) electrons. The standard InChI is InChI=1S/C35H29ClN4O4/c1-2-37-35(43)44-32-17-30-33(25-9-5-4-8-24(25)32)23(18-36)19-40(30)34(42)29-16-22-13-20(11-12-27(22)39-29)14-31(41)28-15-21-7-3-6-10-26(21)38-28/h3-13,15-17,23,38-39H,2,14,18-19H2,1H3,(H,37,43). The van der Waals surface area contributed by atoms with Gasteiger partial charge in [0.1, 0.15) is 11.4 Å². The van der Waals surface area contributed by atoms with E-state index in [1.165, 1.54) is 0 Å². The van der Waals surface area contributed by atoms with E-state index in [2.05, 4.69) is 15.3 Å². The molecule has 1 aliphatic rings. The van der Waals surface area contributed by atoms with Gasteiger partial charge in [0.25, 0.3) is 5.91 Å². The van der Waals surface area contributed by atoms with E-state index in [0.29, 0.717) is 41.8 Å². The van der Waals surface area contributed by atoms with E-state index >= 15 is 0 Å². The summed E-state index contributed by atoms with van der Waals surface area (Å²) in [5.74, 6) is 0.388. The number of benzene rings is 4. The van der Waals surface area contributed by atoms with Gasteiger partial charge in [0.2, 0.25) is 0 Å². The van der Waals surface area contributed by atoms with Crippen LogP contribution in [-0.2, 0) is 6.42 Å². The second kappa shape index (κ2) is 11.2. The molecule has 7 rings (SSSR count). The number of Topliss-reactive ketones (excluding diaryl/α,β-unsaturated/α-hetero) is 1. The van der Waals surface area contributed by atoms with Gasteiger partial charge in [-0.25, -0.2) is 4.79 Å². The number of halogens is 1. The van der Waals surface area contributed by atoms with Gasteiger partial charge >= 0.3 is 6.09 Å². The molecule has 4 aromatic carbocycles. The molecule has 1 unspecified atom stereocenters. The molecule has 2 amide bonds. The van der Waals surface area contributed by atoms with Crippen LogP contribution < -0.4 is 15.0 Å². The Kier molecular flexibility index (Phi) is 7.06. The van der Waals surface area contributed by atoms with Gasteiger partial charge < -0.3 is 24.9 Å². The van der Waals surface area contributed by atoms with Crippen LogP contribution in [-0.4, -0.2) is 46.7 Å². The highest BCUT2D eigenvalue weighted by atomic mass is 35.5. The maximum absolute atomic E-state index is 14.0. The van der Waals surface area contributed by atoms with Crippen molar-refractivity contribution < 1.29 is 19.1 Å². The van der Waals surface area contributed by atoms with Crippen molar-refractivity contribution in [3.05, 3.63) is 107 Å². The molecule has 6 aromatic rings.